The van der Waals surface area contributed by atoms with Crippen molar-refractivity contribution in [1.29, 1.82) is 5.41 Å². The molecule has 0 spiro atoms. The van der Waals surface area contributed by atoms with Crippen LogP contribution in [0.2, 0.25) is 10.0 Å². The van der Waals surface area contributed by atoms with Gasteiger partial charge in [-0.05, 0) is 18.9 Å². The first-order valence-electron chi connectivity index (χ1n) is 7.19. The van der Waals surface area contributed by atoms with Gasteiger partial charge in [0.05, 0.1) is 16.7 Å². The minimum Gasteiger partial charge on any atom is -0.507 e. The summed E-state index contributed by atoms with van der Waals surface area (Å²) >= 11 is 11.8. The van der Waals surface area contributed by atoms with Gasteiger partial charge in [0.15, 0.2) is 6.10 Å². The Kier molecular flexibility index (Phi) is 5.86. The van der Waals surface area contributed by atoms with Crippen molar-refractivity contribution in [2.24, 2.45) is 5.92 Å². The monoisotopic (exact) mass is 360 g/mol. The molecule has 0 saturated carbocycles. The van der Waals surface area contributed by atoms with Crippen LogP contribution in [0.4, 0.5) is 0 Å². The van der Waals surface area contributed by atoms with Crippen LogP contribution in [0.15, 0.2) is 12.1 Å². The standard InChI is InChI=1S/C15H18Cl2N2O4/c16-10-5-9(12(21)6-11(10)17)14(18)8-1-3-19(4-2-8)15(23)13(22)7-20/h5-6,8,13,18,20-22H,1-4,7H2/t13-/m1/s1. The fourth-order valence-electron chi connectivity index (χ4n) is 2.65. The van der Waals surface area contributed by atoms with E-state index in [0.29, 0.717) is 31.5 Å². The Morgan fingerprint density at radius 3 is 2.43 bits per heavy atom. The number of nitrogens with one attached hydrogen (secondary N) is 1. The van der Waals surface area contributed by atoms with Gasteiger partial charge in [-0.3, -0.25) is 4.79 Å². The lowest BCUT2D eigenvalue weighted by molar-refractivity contribution is -0.143. The molecule has 1 aromatic carbocycles. The van der Waals surface area contributed by atoms with E-state index >= 15 is 0 Å². The first-order chi connectivity index (χ1) is 10.8. The zero-order valence-electron chi connectivity index (χ0n) is 12.3. The van der Waals surface area contributed by atoms with Crippen molar-refractivity contribution >= 4 is 34.8 Å². The molecule has 1 aromatic rings. The highest BCUT2D eigenvalue weighted by Gasteiger charge is 2.29. The maximum absolute atomic E-state index is 11.8. The quantitative estimate of drug-likeness (QED) is 0.612. The summed E-state index contributed by atoms with van der Waals surface area (Å²) in [6, 6.07) is 2.78. The fourth-order valence-corrected chi connectivity index (χ4v) is 2.97. The van der Waals surface area contributed by atoms with Crippen LogP contribution < -0.4 is 0 Å². The highest BCUT2D eigenvalue weighted by molar-refractivity contribution is 6.42. The summed E-state index contributed by atoms with van der Waals surface area (Å²) < 4.78 is 0. The Morgan fingerprint density at radius 1 is 1.30 bits per heavy atom. The van der Waals surface area contributed by atoms with E-state index < -0.39 is 18.6 Å². The van der Waals surface area contributed by atoms with Gasteiger partial charge in [0.2, 0.25) is 0 Å². The summed E-state index contributed by atoms with van der Waals surface area (Å²) in [5.74, 6) is -0.734. The van der Waals surface area contributed by atoms with Crippen LogP contribution in [-0.2, 0) is 4.79 Å². The predicted molar refractivity (Wildman–Crippen MR) is 87.4 cm³/mol. The summed E-state index contributed by atoms with van der Waals surface area (Å²) in [6.07, 6.45) is -0.338. The molecule has 1 aliphatic rings. The summed E-state index contributed by atoms with van der Waals surface area (Å²) in [4.78, 5) is 13.3. The summed E-state index contributed by atoms with van der Waals surface area (Å²) in [6.45, 7) is 0.155. The first kappa shape index (κ1) is 18.0. The molecule has 126 valence electrons. The molecule has 4 N–H and O–H groups in total. The molecule has 6 nitrogen and oxygen atoms in total. The number of nitrogens with zero attached hydrogens (tertiary/aromatic N) is 1. The molecule has 0 radical (unpaired) electrons. The molecule has 0 bridgehead atoms. The van der Waals surface area contributed by atoms with Gasteiger partial charge < -0.3 is 25.6 Å². The minimum absolute atomic E-state index is 0.0985. The number of rotatable bonds is 4. The maximum Gasteiger partial charge on any atom is 0.253 e. The molecule has 1 heterocycles. The highest BCUT2D eigenvalue weighted by atomic mass is 35.5. The molecule has 2 rings (SSSR count). The van der Waals surface area contributed by atoms with Crippen molar-refractivity contribution in [3.63, 3.8) is 0 Å². The number of piperidine rings is 1. The number of benzene rings is 1. The number of carbonyl (C=O) groups is 1. The van der Waals surface area contributed by atoms with Crippen molar-refractivity contribution in [3.8, 4) is 5.75 Å². The van der Waals surface area contributed by atoms with Gasteiger partial charge in [0, 0.05) is 36.3 Å². The van der Waals surface area contributed by atoms with Crippen molar-refractivity contribution in [3.05, 3.63) is 27.7 Å². The number of amides is 1. The van der Waals surface area contributed by atoms with Gasteiger partial charge in [0.25, 0.3) is 5.91 Å². The number of hydrogen-bond donors (Lipinski definition) is 4. The second-order valence-electron chi connectivity index (χ2n) is 5.50. The average molecular weight is 361 g/mol. The van der Waals surface area contributed by atoms with Crippen molar-refractivity contribution < 1.29 is 20.1 Å². The number of carbonyl (C=O) groups excluding carboxylic acids is 1. The number of aliphatic hydroxyl groups is 2. The van der Waals surface area contributed by atoms with Crippen molar-refractivity contribution in [2.75, 3.05) is 19.7 Å². The molecule has 0 aromatic heterocycles. The number of hydrogen-bond acceptors (Lipinski definition) is 5. The Balaban J connectivity index is 2.04. The van der Waals surface area contributed by atoms with Crippen LogP contribution in [0, 0.1) is 11.3 Å². The Morgan fingerprint density at radius 2 is 1.87 bits per heavy atom. The topological polar surface area (TPSA) is 105 Å². The summed E-state index contributed by atoms with van der Waals surface area (Å²) in [5, 5.41) is 36.9. The van der Waals surface area contributed by atoms with E-state index in [1.807, 2.05) is 0 Å². The number of likely N-dealkylation sites (tertiary alicyclic amines) is 1. The van der Waals surface area contributed by atoms with Crippen LogP contribution in [0.3, 0.4) is 0 Å². The van der Waals surface area contributed by atoms with Crippen LogP contribution in [0.5, 0.6) is 5.75 Å². The molecule has 0 unspecified atom stereocenters. The van der Waals surface area contributed by atoms with Crippen LogP contribution in [0.1, 0.15) is 18.4 Å². The van der Waals surface area contributed by atoms with E-state index in [0.717, 1.165) is 0 Å². The van der Waals surface area contributed by atoms with Crippen molar-refractivity contribution in [2.45, 2.75) is 18.9 Å². The second-order valence-corrected chi connectivity index (χ2v) is 6.31. The Bertz CT molecular complexity index is 616. The van der Waals surface area contributed by atoms with E-state index in [-0.39, 0.29) is 27.4 Å². The third-order valence-corrected chi connectivity index (χ3v) is 4.72. The number of phenols is 1. The molecule has 8 heteroatoms. The van der Waals surface area contributed by atoms with Gasteiger partial charge >= 0.3 is 0 Å². The normalized spacial score (nSPS) is 17.1. The van der Waals surface area contributed by atoms with Gasteiger partial charge in [-0.2, -0.15) is 0 Å². The third-order valence-electron chi connectivity index (χ3n) is 4.00. The van der Waals surface area contributed by atoms with Gasteiger partial charge in [-0.15, -0.1) is 0 Å². The molecule has 1 fully saturated rings. The lowest BCUT2D eigenvalue weighted by Gasteiger charge is -2.33. The smallest absolute Gasteiger partial charge is 0.253 e. The van der Waals surface area contributed by atoms with E-state index in [4.69, 9.17) is 33.7 Å². The zero-order chi connectivity index (χ0) is 17.1. The van der Waals surface area contributed by atoms with E-state index in [2.05, 4.69) is 0 Å². The summed E-state index contributed by atoms with van der Waals surface area (Å²) in [5.41, 5.74) is 0.579. The molecule has 23 heavy (non-hydrogen) atoms. The molecular formula is C15H18Cl2N2O4. The van der Waals surface area contributed by atoms with E-state index in [1.165, 1.54) is 17.0 Å². The largest absolute Gasteiger partial charge is 0.507 e. The van der Waals surface area contributed by atoms with Gasteiger partial charge in [-0.25, -0.2) is 0 Å². The van der Waals surface area contributed by atoms with E-state index in [9.17, 15) is 15.0 Å². The van der Waals surface area contributed by atoms with Crippen LogP contribution >= 0.6 is 23.2 Å². The van der Waals surface area contributed by atoms with Gasteiger partial charge in [0.1, 0.15) is 5.75 Å². The lowest BCUT2D eigenvalue weighted by Crippen LogP contribution is -2.46. The van der Waals surface area contributed by atoms with Crippen molar-refractivity contribution in [1.82, 2.24) is 4.90 Å². The summed E-state index contributed by atoms with van der Waals surface area (Å²) in [7, 11) is 0. The fraction of sp³-hybridized carbons (Fsp3) is 0.467. The van der Waals surface area contributed by atoms with Crippen LogP contribution in [-0.4, -0.2) is 57.6 Å². The molecule has 1 atom stereocenters. The minimum atomic E-state index is -1.40. The first-order valence-corrected chi connectivity index (χ1v) is 7.95. The number of aliphatic hydroxyl groups excluding tert-OH is 2. The maximum atomic E-state index is 11.8. The third kappa shape index (κ3) is 3.95. The van der Waals surface area contributed by atoms with E-state index in [1.54, 1.807) is 0 Å². The second kappa shape index (κ2) is 7.49. The molecule has 1 aliphatic heterocycles. The molecule has 0 aliphatic carbocycles. The SMILES string of the molecule is N=C(c1cc(Cl)c(Cl)cc1O)C1CCN(C(=O)[C@H](O)CO)CC1. The number of aromatic hydroxyl groups is 1. The van der Waals surface area contributed by atoms with Crippen LogP contribution in [0.25, 0.3) is 0 Å². The average Bonchev–Trinajstić information content (AvgIpc) is 2.56. The number of phenolic OH excluding ortho intramolecular Hbond substituents is 1. The zero-order valence-corrected chi connectivity index (χ0v) is 13.8. The Labute approximate surface area is 143 Å². The molecule has 1 saturated heterocycles. The Hall–Kier alpha value is -1.34. The van der Waals surface area contributed by atoms with Gasteiger partial charge in [-0.1, -0.05) is 23.2 Å². The number of halogens is 2. The highest BCUT2D eigenvalue weighted by Crippen LogP contribution is 2.33. The molecule has 1 amide bonds. The predicted octanol–water partition coefficient (Wildman–Crippen LogP) is 1.66. The lowest BCUT2D eigenvalue weighted by atomic mass is 9.87. The molecular weight excluding hydrogens is 343 g/mol.